The van der Waals surface area contributed by atoms with E-state index < -0.39 is 0 Å². The molecule has 0 spiro atoms. The van der Waals surface area contributed by atoms with E-state index in [1.54, 1.807) is 11.9 Å². The minimum Gasteiger partial charge on any atom is -0.381 e. The standard InChI is InChI=1S/C23H38N4O2/c1-24-22(26-19-23(14-7-8-15-23)21(28)27(2)3)25-16-9-10-17-29-18-13-20-11-5-4-6-12-20/h4-6,11-12H,7-10,13-19H2,1-3H3,(H2,24,25,26). The van der Waals surface area contributed by atoms with Gasteiger partial charge >= 0.3 is 0 Å². The molecule has 1 aromatic carbocycles. The van der Waals surface area contributed by atoms with Crippen molar-refractivity contribution in [1.29, 1.82) is 0 Å². The number of carbonyl (C=O) groups excluding carboxylic acids is 1. The quantitative estimate of drug-likeness (QED) is 0.339. The second-order valence-electron chi connectivity index (χ2n) is 8.09. The van der Waals surface area contributed by atoms with E-state index >= 15 is 0 Å². The SMILES string of the molecule is CN=C(NCCCCOCCc1ccccc1)NCC1(C(=O)N(C)C)CCCC1. The van der Waals surface area contributed by atoms with Crippen LogP contribution >= 0.6 is 0 Å². The first kappa shape index (κ1) is 23.2. The molecule has 2 N–H and O–H groups in total. The van der Waals surface area contributed by atoms with Gasteiger partial charge in [0.15, 0.2) is 5.96 Å². The molecule has 1 amide bonds. The van der Waals surface area contributed by atoms with E-state index in [2.05, 4.69) is 39.9 Å². The molecular formula is C23H38N4O2. The number of ether oxygens (including phenoxy) is 1. The molecule has 29 heavy (non-hydrogen) atoms. The Morgan fingerprint density at radius 1 is 1.10 bits per heavy atom. The first-order valence-corrected chi connectivity index (χ1v) is 10.9. The van der Waals surface area contributed by atoms with Crippen molar-refractivity contribution in [3.63, 3.8) is 0 Å². The fraction of sp³-hybridized carbons (Fsp3) is 0.652. The fourth-order valence-corrected chi connectivity index (χ4v) is 3.94. The van der Waals surface area contributed by atoms with E-state index in [4.69, 9.17) is 4.74 Å². The van der Waals surface area contributed by atoms with Crippen molar-refractivity contribution >= 4 is 11.9 Å². The number of aliphatic imine (C=N–C) groups is 1. The van der Waals surface area contributed by atoms with Crippen LogP contribution in [-0.4, -0.2) is 64.2 Å². The summed E-state index contributed by atoms with van der Waals surface area (Å²) < 4.78 is 5.73. The van der Waals surface area contributed by atoms with Crippen LogP contribution in [0.4, 0.5) is 0 Å². The molecule has 2 rings (SSSR count). The summed E-state index contributed by atoms with van der Waals surface area (Å²) in [6.45, 7) is 3.03. The first-order chi connectivity index (χ1) is 14.1. The second-order valence-corrected chi connectivity index (χ2v) is 8.09. The average molecular weight is 403 g/mol. The second kappa shape index (κ2) is 12.5. The minimum atomic E-state index is -0.284. The van der Waals surface area contributed by atoms with Gasteiger partial charge < -0.3 is 20.3 Å². The number of benzene rings is 1. The highest BCUT2D eigenvalue weighted by molar-refractivity contribution is 5.85. The third-order valence-corrected chi connectivity index (χ3v) is 5.62. The minimum absolute atomic E-state index is 0.227. The Kier molecular flexibility index (Phi) is 9.98. The number of hydrogen-bond acceptors (Lipinski definition) is 3. The number of unbranched alkanes of at least 4 members (excludes halogenated alkanes) is 1. The number of guanidine groups is 1. The lowest BCUT2D eigenvalue weighted by atomic mass is 9.84. The summed E-state index contributed by atoms with van der Waals surface area (Å²) in [5, 5.41) is 6.73. The van der Waals surface area contributed by atoms with Gasteiger partial charge in [0.25, 0.3) is 0 Å². The van der Waals surface area contributed by atoms with Gasteiger partial charge in [0.05, 0.1) is 12.0 Å². The summed E-state index contributed by atoms with van der Waals surface area (Å²) in [5.41, 5.74) is 1.03. The molecule has 1 aromatic rings. The number of amides is 1. The van der Waals surface area contributed by atoms with Crippen LogP contribution in [0.1, 0.15) is 44.1 Å². The van der Waals surface area contributed by atoms with Crippen LogP contribution in [0.25, 0.3) is 0 Å². The molecule has 0 bridgehead atoms. The summed E-state index contributed by atoms with van der Waals surface area (Å²) in [6, 6.07) is 10.4. The lowest BCUT2D eigenvalue weighted by Gasteiger charge is -2.31. The molecule has 0 atom stereocenters. The number of carbonyl (C=O) groups is 1. The Balaban J connectivity index is 1.58. The van der Waals surface area contributed by atoms with Crippen LogP contribution in [0.15, 0.2) is 35.3 Å². The van der Waals surface area contributed by atoms with Crippen LogP contribution < -0.4 is 10.6 Å². The highest BCUT2D eigenvalue weighted by Gasteiger charge is 2.42. The number of hydrogen-bond donors (Lipinski definition) is 2. The van der Waals surface area contributed by atoms with Crippen molar-refractivity contribution in [3.05, 3.63) is 35.9 Å². The molecule has 0 saturated heterocycles. The van der Waals surface area contributed by atoms with Gasteiger partial charge in [-0.25, -0.2) is 0 Å². The number of rotatable bonds is 11. The Hall–Kier alpha value is -2.08. The van der Waals surface area contributed by atoms with Crippen LogP contribution in [0.3, 0.4) is 0 Å². The molecule has 1 aliphatic rings. The summed E-state index contributed by atoms with van der Waals surface area (Å²) in [7, 11) is 5.46. The molecule has 6 heteroatoms. The largest absolute Gasteiger partial charge is 0.381 e. The Morgan fingerprint density at radius 3 is 2.48 bits per heavy atom. The normalized spacial score (nSPS) is 15.9. The molecule has 0 radical (unpaired) electrons. The predicted molar refractivity (Wildman–Crippen MR) is 119 cm³/mol. The summed E-state index contributed by atoms with van der Waals surface area (Å²) in [4.78, 5) is 18.7. The fourth-order valence-electron chi connectivity index (χ4n) is 3.94. The Bertz CT molecular complexity index is 625. The van der Waals surface area contributed by atoms with Gasteiger partial charge in [-0.3, -0.25) is 9.79 Å². The van der Waals surface area contributed by atoms with Gasteiger partial charge in [0, 0.05) is 40.8 Å². The lowest BCUT2D eigenvalue weighted by Crippen LogP contribution is -2.49. The van der Waals surface area contributed by atoms with Crippen LogP contribution in [0.5, 0.6) is 0 Å². The number of nitrogens with zero attached hydrogens (tertiary/aromatic N) is 2. The molecule has 162 valence electrons. The summed E-state index contributed by atoms with van der Waals surface area (Å²) in [5.74, 6) is 0.999. The third-order valence-electron chi connectivity index (χ3n) is 5.62. The van der Waals surface area contributed by atoms with E-state index in [0.717, 1.165) is 70.7 Å². The molecule has 6 nitrogen and oxygen atoms in total. The van der Waals surface area contributed by atoms with Gasteiger partial charge in [0.1, 0.15) is 0 Å². The van der Waals surface area contributed by atoms with Crippen molar-refractivity contribution in [2.24, 2.45) is 10.4 Å². The topological polar surface area (TPSA) is 66.0 Å². The smallest absolute Gasteiger partial charge is 0.230 e. The van der Waals surface area contributed by atoms with Crippen molar-refractivity contribution in [2.45, 2.75) is 44.9 Å². The zero-order valence-corrected chi connectivity index (χ0v) is 18.4. The third kappa shape index (κ3) is 7.69. The van der Waals surface area contributed by atoms with Crippen molar-refractivity contribution in [2.75, 3.05) is 47.4 Å². The summed E-state index contributed by atoms with van der Waals surface area (Å²) in [6.07, 6.45) is 7.15. The lowest BCUT2D eigenvalue weighted by molar-refractivity contribution is -0.138. The molecule has 1 saturated carbocycles. The first-order valence-electron chi connectivity index (χ1n) is 10.9. The van der Waals surface area contributed by atoms with E-state index in [1.165, 1.54) is 5.56 Å². The predicted octanol–water partition coefficient (Wildman–Crippen LogP) is 2.84. The van der Waals surface area contributed by atoms with E-state index in [9.17, 15) is 4.79 Å². The molecule has 0 unspecified atom stereocenters. The highest BCUT2D eigenvalue weighted by Crippen LogP contribution is 2.38. The van der Waals surface area contributed by atoms with Crippen molar-refractivity contribution < 1.29 is 9.53 Å². The van der Waals surface area contributed by atoms with Crippen molar-refractivity contribution in [1.82, 2.24) is 15.5 Å². The molecule has 0 aromatic heterocycles. The van der Waals surface area contributed by atoms with Gasteiger partial charge in [0.2, 0.25) is 5.91 Å². The monoisotopic (exact) mass is 402 g/mol. The van der Waals surface area contributed by atoms with E-state index in [1.807, 2.05) is 20.2 Å². The Morgan fingerprint density at radius 2 is 1.83 bits per heavy atom. The molecule has 0 heterocycles. The zero-order valence-electron chi connectivity index (χ0n) is 18.4. The molecule has 0 aliphatic heterocycles. The van der Waals surface area contributed by atoms with Gasteiger partial charge in [-0.05, 0) is 37.7 Å². The summed E-state index contributed by atoms with van der Waals surface area (Å²) >= 11 is 0. The molecule has 1 aliphatic carbocycles. The van der Waals surface area contributed by atoms with E-state index in [-0.39, 0.29) is 11.3 Å². The maximum absolute atomic E-state index is 12.7. The van der Waals surface area contributed by atoms with Gasteiger partial charge in [-0.2, -0.15) is 0 Å². The van der Waals surface area contributed by atoms with Crippen LogP contribution in [0, 0.1) is 5.41 Å². The average Bonchev–Trinajstić information content (AvgIpc) is 3.22. The van der Waals surface area contributed by atoms with E-state index in [0.29, 0.717) is 6.54 Å². The zero-order chi connectivity index (χ0) is 21.0. The highest BCUT2D eigenvalue weighted by atomic mass is 16.5. The molecular weight excluding hydrogens is 364 g/mol. The van der Waals surface area contributed by atoms with Crippen molar-refractivity contribution in [3.8, 4) is 0 Å². The maximum Gasteiger partial charge on any atom is 0.230 e. The van der Waals surface area contributed by atoms with Crippen LogP contribution in [-0.2, 0) is 16.0 Å². The Labute approximate surface area is 176 Å². The van der Waals surface area contributed by atoms with Crippen LogP contribution in [0.2, 0.25) is 0 Å². The number of nitrogens with one attached hydrogen (secondary N) is 2. The molecule has 1 fully saturated rings. The van der Waals surface area contributed by atoms with Gasteiger partial charge in [-0.15, -0.1) is 0 Å². The maximum atomic E-state index is 12.7. The van der Waals surface area contributed by atoms with Gasteiger partial charge in [-0.1, -0.05) is 43.2 Å².